The van der Waals surface area contributed by atoms with Gasteiger partial charge in [0.15, 0.2) is 0 Å². The van der Waals surface area contributed by atoms with E-state index in [1.54, 1.807) is 0 Å². The van der Waals surface area contributed by atoms with Crippen LogP contribution in [-0.4, -0.2) is 6.04 Å². The van der Waals surface area contributed by atoms with E-state index in [-0.39, 0.29) is 0 Å². The molecule has 0 amide bonds. The molecule has 94 valence electrons. The molecule has 2 rings (SSSR count). The summed E-state index contributed by atoms with van der Waals surface area (Å²) in [7, 11) is 0. The smallest absolute Gasteiger partial charge is 0.0343 e. The second-order valence-electron chi connectivity index (χ2n) is 5.51. The molecule has 0 bridgehead atoms. The molecule has 1 N–H and O–H groups in total. The molecule has 0 radical (unpaired) electrons. The Morgan fingerprint density at radius 2 is 1.65 bits per heavy atom. The molecular weight excluding hydrogens is 274 g/mol. The Morgan fingerprint density at radius 3 is 2.18 bits per heavy atom. The summed E-state index contributed by atoms with van der Waals surface area (Å²) in [4.78, 5) is 0. The van der Waals surface area contributed by atoms with Gasteiger partial charge in [-0.3, -0.25) is 0 Å². The highest BCUT2D eigenvalue weighted by Gasteiger charge is 2.22. The molecule has 1 nitrogen and oxygen atoms in total. The van der Waals surface area contributed by atoms with Crippen LogP contribution in [0.2, 0.25) is 0 Å². The lowest BCUT2D eigenvalue weighted by Gasteiger charge is -2.31. The van der Waals surface area contributed by atoms with Crippen molar-refractivity contribution < 1.29 is 0 Å². The van der Waals surface area contributed by atoms with Crippen molar-refractivity contribution in [3.8, 4) is 0 Å². The maximum absolute atomic E-state index is 3.65. The zero-order valence-electron chi connectivity index (χ0n) is 10.7. The van der Waals surface area contributed by atoms with Gasteiger partial charge in [-0.25, -0.2) is 0 Å². The summed E-state index contributed by atoms with van der Waals surface area (Å²) in [6.45, 7) is 4.71. The standard InChI is InChI=1S/C15H22BrN/c1-11(2)12-3-7-14(8-4-12)17-15-9-5-13(16)6-10-15/h5-6,9-12,14,17H,3-4,7-8H2,1-2H3. The molecule has 0 aliphatic heterocycles. The second-order valence-corrected chi connectivity index (χ2v) is 6.42. The first-order chi connectivity index (χ1) is 8.15. The summed E-state index contributed by atoms with van der Waals surface area (Å²) in [5.74, 6) is 1.79. The SMILES string of the molecule is CC(C)C1CCC(Nc2ccc(Br)cc2)CC1. The normalized spacial score (nSPS) is 24.9. The van der Waals surface area contributed by atoms with Crippen LogP contribution in [0.4, 0.5) is 5.69 Å². The van der Waals surface area contributed by atoms with Gasteiger partial charge in [-0.2, -0.15) is 0 Å². The van der Waals surface area contributed by atoms with E-state index in [1.165, 1.54) is 31.4 Å². The van der Waals surface area contributed by atoms with Crippen LogP contribution in [-0.2, 0) is 0 Å². The van der Waals surface area contributed by atoms with Gasteiger partial charge in [0.25, 0.3) is 0 Å². The zero-order valence-corrected chi connectivity index (χ0v) is 12.3. The van der Waals surface area contributed by atoms with Crippen molar-refractivity contribution in [2.45, 2.75) is 45.6 Å². The summed E-state index contributed by atoms with van der Waals surface area (Å²) >= 11 is 3.47. The molecule has 1 saturated carbocycles. The summed E-state index contributed by atoms with van der Waals surface area (Å²) < 4.78 is 1.14. The van der Waals surface area contributed by atoms with E-state index in [0.29, 0.717) is 6.04 Å². The largest absolute Gasteiger partial charge is 0.382 e. The first kappa shape index (κ1) is 12.9. The van der Waals surface area contributed by atoms with E-state index >= 15 is 0 Å². The van der Waals surface area contributed by atoms with Gasteiger partial charge in [0.2, 0.25) is 0 Å². The van der Waals surface area contributed by atoms with Crippen LogP contribution in [0, 0.1) is 11.8 Å². The highest BCUT2D eigenvalue weighted by molar-refractivity contribution is 9.10. The molecule has 1 aliphatic carbocycles. The van der Waals surface area contributed by atoms with E-state index in [9.17, 15) is 0 Å². The Bertz CT molecular complexity index is 336. The number of benzene rings is 1. The van der Waals surface area contributed by atoms with Crippen LogP contribution >= 0.6 is 15.9 Å². The number of rotatable bonds is 3. The molecule has 0 heterocycles. The number of nitrogens with one attached hydrogen (secondary N) is 1. The predicted molar refractivity (Wildman–Crippen MR) is 78.3 cm³/mol. The molecule has 1 aromatic carbocycles. The minimum absolute atomic E-state index is 0.672. The fraction of sp³-hybridized carbons (Fsp3) is 0.600. The number of anilines is 1. The Balaban J connectivity index is 1.84. The molecule has 1 aliphatic rings. The average molecular weight is 296 g/mol. The van der Waals surface area contributed by atoms with E-state index in [4.69, 9.17) is 0 Å². The van der Waals surface area contributed by atoms with Crippen molar-refractivity contribution >= 4 is 21.6 Å². The molecule has 1 aromatic rings. The average Bonchev–Trinajstić information content (AvgIpc) is 2.33. The maximum Gasteiger partial charge on any atom is 0.0343 e. The van der Waals surface area contributed by atoms with Gasteiger partial charge < -0.3 is 5.32 Å². The van der Waals surface area contributed by atoms with Crippen LogP contribution in [0.25, 0.3) is 0 Å². The molecule has 0 unspecified atom stereocenters. The lowest BCUT2D eigenvalue weighted by molar-refractivity contribution is 0.267. The fourth-order valence-corrected chi connectivity index (χ4v) is 2.98. The Morgan fingerprint density at radius 1 is 1.06 bits per heavy atom. The van der Waals surface area contributed by atoms with Crippen LogP contribution < -0.4 is 5.32 Å². The van der Waals surface area contributed by atoms with Crippen LogP contribution in [0.5, 0.6) is 0 Å². The molecule has 0 saturated heterocycles. The molecule has 0 spiro atoms. The number of hydrogen-bond acceptors (Lipinski definition) is 1. The first-order valence-corrected chi connectivity index (χ1v) is 7.46. The van der Waals surface area contributed by atoms with E-state index in [0.717, 1.165) is 16.3 Å². The van der Waals surface area contributed by atoms with Crippen LogP contribution in [0.1, 0.15) is 39.5 Å². The van der Waals surface area contributed by atoms with Gasteiger partial charge in [0.1, 0.15) is 0 Å². The van der Waals surface area contributed by atoms with Crippen LogP contribution in [0.15, 0.2) is 28.7 Å². The third-order valence-electron chi connectivity index (χ3n) is 3.93. The van der Waals surface area contributed by atoms with Gasteiger partial charge in [-0.1, -0.05) is 29.8 Å². The monoisotopic (exact) mass is 295 g/mol. The first-order valence-electron chi connectivity index (χ1n) is 6.67. The highest BCUT2D eigenvalue weighted by atomic mass is 79.9. The van der Waals surface area contributed by atoms with Crippen molar-refractivity contribution in [3.63, 3.8) is 0 Å². The summed E-state index contributed by atoms with van der Waals surface area (Å²) in [5.41, 5.74) is 1.25. The maximum atomic E-state index is 3.65. The van der Waals surface area contributed by atoms with Crippen LogP contribution in [0.3, 0.4) is 0 Å². The molecule has 0 atom stereocenters. The quantitative estimate of drug-likeness (QED) is 0.820. The van der Waals surface area contributed by atoms with E-state index < -0.39 is 0 Å². The molecule has 1 fully saturated rings. The number of hydrogen-bond donors (Lipinski definition) is 1. The van der Waals surface area contributed by atoms with E-state index in [2.05, 4.69) is 59.4 Å². The summed E-state index contributed by atoms with van der Waals surface area (Å²) in [6.07, 6.45) is 5.40. The highest BCUT2D eigenvalue weighted by Crippen LogP contribution is 2.31. The van der Waals surface area contributed by atoms with Gasteiger partial charge in [-0.15, -0.1) is 0 Å². The molecular formula is C15H22BrN. The second kappa shape index (κ2) is 5.90. The lowest BCUT2D eigenvalue weighted by atomic mass is 9.79. The Kier molecular flexibility index (Phi) is 4.49. The van der Waals surface area contributed by atoms with Crippen molar-refractivity contribution in [3.05, 3.63) is 28.7 Å². The Labute approximate surface area is 113 Å². The van der Waals surface area contributed by atoms with E-state index in [1.807, 2.05) is 0 Å². The number of halogens is 1. The third-order valence-corrected chi connectivity index (χ3v) is 4.46. The Hall–Kier alpha value is -0.500. The summed E-state index contributed by atoms with van der Waals surface area (Å²) in [5, 5.41) is 3.65. The summed E-state index contributed by atoms with van der Waals surface area (Å²) in [6, 6.07) is 9.17. The molecule has 2 heteroatoms. The minimum atomic E-state index is 0.672. The van der Waals surface area contributed by atoms with Crippen molar-refractivity contribution in [1.82, 2.24) is 0 Å². The van der Waals surface area contributed by atoms with Crippen molar-refractivity contribution in [2.24, 2.45) is 11.8 Å². The predicted octanol–water partition coefficient (Wildman–Crippen LogP) is 5.08. The molecule has 0 aromatic heterocycles. The fourth-order valence-electron chi connectivity index (χ4n) is 2.71. The van der Waals surface area contributed by atoms with Gasteiger partial charge in [0, 0.05) is 16.2 Å². The van der Waals surface area contributed by atoms with Gasteiger partial charge in [0.05, 0.1) is 0 Å². The zero-order chi connectivity index (χ0) is 12.3. The van der Waals surface area contributed by atoms with Gasteiger partial charge >= 0.3 is 0 Å². The van der Waals surface area contributed by atoms with Crippen molar-refractivity contribution in [2.75, 3.05) is 5.32 Å². The topological polar surface area (TPSA) is 12.0 Å². The minimum Gasteiger partial charge on any atom is -0.382 e. The van der Waals surface area contributed by atoms with Crippen molar-refractivity contribution in [1.29, 1.82) is 0 Å². The molecule has 17 heavy (non-hydrogen) atoms. The lowest BCUT2D eigenvalue weighted by Crippen LogP contribution is -2.27. The third kappa shape index (κ3) is 3.74. The van der Waals surface area contributed by atoms with Gasteiger partial charge in [-0.05, 0) is 61.8 Å².